The molecule has 2 aliphatic rings. The number of benzene rings is 2. The van der Waals surface area contributed by atoms with Gasteiger partial charge in [-0.25, -0.2) is 4.79 Å². The second-order valence-corrected chi connectivity index (χ2v) is 8.22. The molecule has 0 radical (unpaired) electrons. The molecule has 1 saturated heterocycles. The molecule has 0 saturated carbocycles. The third kappa shape index (κ3) is 4.04. The Bertz CT molecular complexity index is 989. The van der Waals surface area contributed by atoms with Gasteiger partial charge in [0.05, 0.1) is 26.3 Å². The number of rotatable bonds is 4. The fourth-order valence-corrected chi connectivity index (χ4v) is 4.46. The average molecular weight is 424 g/mol. The van der Waals surface area contributed by atoms with Gasteiger partial charge in [0.2, 0.25) is 5.91 Å². The highest BCUT2D eigenvalue weighted by Gasteiger charge is 2.35. The second-order valence-electron chi connectivity index (χ2n) is 8.22. The van der Waals surface area contributed by atoms with E-state index in [1.165, 1.54) is 0 Å². The van der Waals surface area contributed by atoms with Gasteiger partial charge in [-0.15, -0.1) is 0 Å². The third-order valence-corrected chi connectivity index (χ3v) is 6.24. The van der Waals surface area contributed by atoms with Crippen LogP contribution in [0.1, 0.15) is 36.1 Å². The van der Waals surface area contributed by atoms with Crippen LogP contribution in [0.15, 0.2) is 36.4 Å². The van der Waals surface area contributed by atoms with E-state index in [1.54, 1.807) is 19.1 Å². The molecule has 164 valence electrons. The minimum atomic E-state index is -0.208. The van der Waals surface area contributed by atoms with Crippen molar-refractivity contribution in [2.45, 2.75) is 38.8 Å². The molecule has 0 aliphatic carbocycles. The van der Waals surface area contributed by atoms with E-state index in [1.807, 2.05) is 55.1 Å². The quantitative estimate of drug-likeness (QED) is 0.818. The fraction of sp³-hybridized carbons (Fsp3) is 0.417. The zero-order valence-electron chi connectivity index (χ0n) is 18.5. The first-order chi connectivity index (χ1) is 14.9. The summed E-state index contributed by atoms with van der Waals surface area (Å²) in [5.41, 5.74) is 4.24. The van der Waals surface area contributed by atoms with E-state index in [4.69, 9.17) is 9.47 Å². The van der Waals surface area contributed by atoms with E-state index < -0.39 is 0 Å². The van der Waals surface area contributed by atoms with Crippen molar-refractivity contribution in [2.24, 2.45) is 0 Å². The average Bonchev–Trinajstić information content (AvgIpc) is 3.13. The molecule has 31 heavy (non-hydrogen) atoms. The summed E-state index contributed by atoms with van der Waals surface area (Å²) in [7, 11) is 3.23. The summed E-state index contributed by atoms with van der Waals surface area (Å²) in [5.74, 6) is 1.39. The highest BCUT2D eigenvalue weighted by molar-refractivity contribution is 5.96. The molecule has 0 bridgehead atoms. The molecule has 2 aromatic carbocycles. The SMILES string of the molecule is COc1cc2c(cc1OC)[C@H](C)N(C(=O)N[C@H]1CC(=O)N(c3ccc(C)cc3)C1)CC2. The molecule has 7 heteroatoms. The van der Waals surface area contributed by atoms with Crippen molar-refractivity contribution in [1.29, 1.82) is 0 Å². The van der Waals surface area contributed by atoms with Gasteiger partial charge in [-0.1, -0.05) is 17.7 Å². The van der Waals surface area contributed by atoms with Crippen molar-refractivity contribution in [3.63, 3.8) is 0 Å². The number of ether oxygens (including phenoxy) is 2. The number of nitrogens with zero attached hydrogens (tertiary/aromatic N) is 2. The number of carbonyl (C=O) groups is 2. The Morgan fingerprint density at radius 2 is 1.77 bits per heavy atom. The second kappa shape index (κ2) is 8.49. The fourth-order valence-electron chi connectivity index (χ4n) is 4.46. The maximum absolute atomic E-state index is 13.1. The number of anilines is 1. The standard InChI is InChI=1S/C24H29N3O4/c1-15-5-7-19(8-6-15)27-14-18(12-23(27)28)25-24(29)26-10-9-17-11-21(30-3)22(31-4)13-20(17)16(26)2/h5-8,11,13,16,18H,9-10,12,14H2,1-4H3,(H,25,29)/t16-,18-/m0/s1. The van der Waals surface area contributed by atoms with E-state index in [0.29, 0.717) is 31.0 Å². The van der Waals surface area contributed by atoms with Crippen molar-refractivity contribution in [1.82, 2.24) is 10.2 Å². The third-order valence-electron chi connectivity index (χ3n) is 6.24. The number of fused-ring (bicyclic) bond motifs is 1. The number of urea groups is 1. The normalized spacial score (nSPS) is 20.5. The molecule has 2 aliphatic heterocycles. The lowest BCUT2D eigenvalue weighted by molar-refractivity contribution is -0.117. The van der Waals surface area contributed by atoms with Crippen LogP contribution in [0.3, 0.4) is 0 Å². The van der Waals surface area contributed by atoms with E-state index in [9.17, 15) is 9.59 Å². The summed E-state index contributed by atoms with van der Waals surface area (Å²) in [4.78, 5) is 29.2. The largest absolute Gasteiger partial charge is 0.493 e. The zero-order valence-corrected chi connectivity index (χ0v) is 18.5. The molecular weight excluding hydrogens is 394 g/mol. The minimum Gasteiger partial charge on any atom is -0.493 e. The molecule has 1 N–H and O–H groups in total. The van der Waals surface area contributed by atoms with E-state index in [2.05, 4.69) is 5.32 Å². The van der Waals surface area contributed by atoms with Gasteiger partial charge in [0.15, 0.2) is 11.5 Å². The number of methoxy groups -OCH3 is 2. The molecule has 1 fully saturated rings. The van der Waals surface area contributed by atoms with Crippen LogP contribution >= 0.6 is 0 Å². The van der Waals surface area contributed by atoms with Crippen LogP contribution in [0.2, 0.25) is 0 Å². The predicted molar refractivity (Wildman–Crippen MR) is 119 cm³/mol. The number of hydrogen-bond acceptors (Lipinski definition) is 4. The van der Waals surface area contributed by atoms with Gasteiger partial charge < -0.3 is 24.6 Å². The summed E-state index contributed by atoms with van der Waals surface area (Å²) < 4.78 is 10.8. The molecule has 0 aromatic heterocycles. The van der Waals surface area contributed by atoms with E-state index >= 15 is 0 Å². The highest BCUT2D eigenvalue weighted by atomic mass is 16.5. The number of aryl methyl sites for hydroxylation is 1. The monoisotopic (exact) mass is 423 g/mol. The first-order valence-corrected chi connectivity index (χ1v) is 10.6. The molecule has 2 atom stereocenters. The first-order valence-electron chi connectivity index (χ1n) is 10.6. The lowest BCUT2D eigenvalue weighted by atomic mass is 9.93. The molecule has 0 spiro atoms. The summed E-state index contributed by atoms with van der Waals surface area (Å²) in [6.45, 7) is 5.12. The number of nitrogens with one attached hydrogen (secondary N) is 1. The first kappa shape index (κ1) is 21.0. The minimum absolute atomic E-state index is 0.0306. The van der Waals surface area contributed by atoms with Crippen molar-refractivity contribution in [3.8, 4) is 11.5 Å². The van der Waals surface area contributed by atoms with Crippen LogP contribution in [0, 0.1) is 6.92 Å². The smallest absolute Gasteiger partial charge is 0.318 e. The highest BCUT2D eigenvalue weighted by Crippen LogP contribution is 2.38. The maximum atomic E-state index is 13.1. The van der Waals surface area contributed by atoms with Gasteiger partial charge in [-0.2, -0.15) is 0 Å². The van der Waals surface area contributed by atoms with Crippen LogP contribution in [-0.4, -0.2) is 50.2 Å². The van der Waals surface area contributed by atoms with E-state index in [-0.39, 0.29) is 24.0 Å². The molecule has 3 amide bonds. The lowest BCUT2D eigenvalue weighted by Crippen LogP contribution is -2.48. The van der Waals surface area contributed by atoms with Crippen molar-refractivity contribution in [2.75, 3.05) is 32.2 Å². The van der Waals surface area contributed by atoms with Gasteiger partial charge >= 0.3 is 6.03 Å². The molecule has 0 unspecified atom stereocenters. The van der Waals surface area contributed by atoms with Gasteiger partial charge in [0, 0.05) is 25.2 Å². The van der Waals surface area contributed by atoms with Crippen LogP contribution in [-0.2, 0) is 11.2 Å². The molecular formula is C24H29N3O4. The maximum Gasteiger partial charge on any atom is 0.318 e. The molecule has 2 heterocycles. The van der Waals surface area contributed by atoms with Crippen LogP contribution in [0.4, 0.5) is 10.5 Å². The number of carbonyl (C=O) groups excluding carboxylic acids is 2. The number of hydrogen-bond donors (Lipinski definition) is 1. The number of amides is 3. The van der Waals surface area contributed by atoms with E-state index in [0.717, 1.165) is 28.8 Å². The van der Waals surface area contributed by atoms with Crippen LogP contribution < -0.4 is 19.7 Å². The zero-order chi connectivity index (χ0) is 22.1. The molecule has 7 nitrogen and oxygen atoms in total. The summed E-state index contributed by atoms with van der Waals surface area (Å²) in [6.07, 6.45) is 1.05. The Morgan fingerprint density at radius 1 is 1.10 bits per heavy atom. The van der Waals surface area contributed by atoms with Gasteiger partial charge in [0.1, 0.15) is 0 Å². The Kier molecular flexibility index (Phi) is 5.76. The Labute approximate surface area is 182 Å². The van der Waals surface area contributed by atoms with Crippen LogP contribution in [0.5, 0.6) is 11.5 Å². The Morgan fingerprint density at radius 3 is 2.45 bits per heavy atom. The summed E-state index contributed by atoms with van der Waals surface area (Å²) in [6, 6.07) is 11.4. The van der Waals surface area contributed by atoms with Gasteiger partial charge in [-0.3, -0.25) is 4.79 Å². The molecule has 2 aromatic rings. The molecule has 4 rings (SSSR count). The summed E-state index contributed by atoms with van der Waals surface area (Å²) >= 11 is 0. The van der Waals surface area contributed by atoms with Crippen molar-refractivity contribution >= 4 is 17.6 Å². The lowest BCUT2D eigenvalue weighted by Gasteiger charge is -2.36. The van der Waals surface area contributed by atoms with Crippen molar-refractivity contribution in [3.05, 3.63) is 53.1 Å². The van der Waals surface area contributed by atoms with Gasteiger partial charge in [0.25, 0.3) is 0 Å². The van der Waals surface area contributed by atoms with Crippen molar-refractivity contribution < 1.29 is 19.1 Å². The van der Waals surface area contributed by atoms with Crippen LogP contribution in [0.25, 0.3) is 0 Å². The Balaban J connectivity index is 1.45. The Hall–Kier alpha value is -3.22. The van der Waals surface area contributed by atoms with Gasteiger partial charge in [-0.05, 0) is 55.7 Å². The topological polar surface area (TPSA) is 71.1 Å². The predicted octanol–water partition coefficient (Wildman–Crippen LogP) is 3.45. The summed E-state index contributed by atoms with van der Waals surface area (Å²) in [5, 5.41) is 3.07.